The van der Waals surface area contributed by atoms with Gasteiger partial charge in [0.15, 0.2) is 11.5 Å². The van der Waals surface area contributed by atoms with E-state index in [0.717, 1.165) is 6.42 Å². The highest BCUT2D eigenvalue weighted by atomic mass is 16.3. The lowest BCUT2D eigenvalue weighted by molar-refractivity contribution is -0.122. The van der Waals surface area contributed by atoms with Gasteiger partial charge in [0, 0.05) is 6.54 Å². The van der Waals surface area contributed by atoms with E-state index in [1.165, 1.54) is 12.1 Å². The lowest BCUT2D eigenvalue weighted by Gasteiger charge is -2.12. The predicted octanol–water partition coefficient (Wildman–Crippen LogP) is 0.494. The summed E-state index contributed by atoms with van der Waals surface area (Å²) in [6, 6.07) is 3.76. The van der Waals surface area contributed by atoms with E-state index >= 15 is 0 Å². The van der Waals surface area contributed by atoms with Crippen molar-refractivity contribution < 1.29 is 15.0 Å². The summed E-state index contributed by atoms with van der Waals surface area (Å²) in [6.07, 6.45) is 1.18. The van der Waals surface area contributed by atoms with Crippen LogP contribution in [0.1, 0.15) is 18.9 Å². The van der Waals surface area contributed by atoms with Gasteiger partial charge in [0.1, 0.15) is 0 Å². The van der Waals surface area contributed by atoms with Gasteiger partial charge in [0.25, 0.3) is 0 Å². The smallest absolute Gasteiger partial charge is 0.237 e. The molecule has 5 nitrogen and oxygen atoms in total. The molecule has 0 aromatic heterocycles. The fourth-order valence-corrected chi connectivity index (χ4v) is 1.42. The molecule has 5 N–H and O–H groups in total. The van der Waals surface area contributed by atoms with Crippen LogP contribution in [-0.2, 0) is 11.2 Å². The maximum atomic E-state index is 11.5. The minimum absolute atomic E-state index is 0.183. The highest BCUT2D eigenvalue weighted by molar-refractivity contribution is 5.81. The zero-order chi connectivity index (χ0) is 12.8. The Kier molecular flexibility index (Phi) is 4.78. The van der Waals surface area contributed by atoms with E-state index in [1.807, 2.05) is 6.92 Å². The molecule has 0 aliphatic carbocycles. The highest BCUT2D eigenvalue weighted by Gasteiger charge is 2.14. The number of amides is 1. The van der Waals surface area contributed by atoms with Crippen molar-refractivity contribution in [2.45, 2.75) is 25.8 Å². The van der Waals surface area contributed by atoms with Crippen LogP contribution >= 0.6 is 0 Å². The zero-order valence-corrected chi connectivity index (χ0v) is 9.81. The molecular weight excluding hydrogens is 220 g/mol. The number of hydrogen-bond donors (Lipinski definition) is 4. The van der Waals surface area contributed by atoms with Crippen molar-refractivity contribution in [1.29, 1.82) is 0 Å². The van der Waals surface area contributed by atoms with Crippen molar-refractivity contribution in [3.8, 4) is 11.5 Å². The second-order valence-electron chi connectivity index (χ2n) is 3.92. The second-order valence-corrected chi connectivity index (χ2v) is 3.92. The highest BCUT2D eigenvalue weighted by Crippen LogP contribution is 2.25. The molecular formula is C12H18N2O3. The zero-order valence-electron chi connectivity index (χ0n) is 9.81. The molecule has 0 fully saturated rings. The largest absolute Gasteiger partial charge is 0.504 e. The minimum Gasteiger partial charge on any atom is -0.504 e. The molecule has 94 valence electrons. The fraction of sp³-hybridized carbons (Fsp3) is 0.417. The number of phenolic OH excluding ortho intramolecular Hbond substituents is 2. The molecule has 1 rings (SSSR count). The maximum Gasteiger partial charge on any atom is 0.237 e. The van der Waals surface area contributed by atoms with Gasteiger partial charge in [-0.15, -0.1) is 0 Å². The van der Waals surface area contributed by atoms with Crippen LogP contribution in [0.3, 0.4) is 0 Å². The van der Waals surface area contributed by atoms with Crippen molar-refractivity contribution in [2.75, 3.05) is 6.54 Å². The molecule has 0 radical (unpaired) electrons. The third kappa shape index (κ3) is 3.96. The van der Waals surface area contributed by atoms with Crippen LogP contribution < -0.4 is 11.1 Å². The van der Waals surface area contributed by atoms with E-state index in [4.69, 9.17) is 10.8 Å². The van der Waals surface area contributed by atoms with Gasteiger partial charge in [-0.3, -0.25) is 4.79 Å². The molecule has 0 aliphatic rings. The van der Waals surface area contributed by atoms with Gasteiger partial charge in [-0.05, 0) is 30.5 Å². The normalized spacial score (nSPS) is 12.1. The predicted molar refractivity (Wildman–Crippen MR) is 64.8 cm³/mol. The van der Waals surface area contributed by atoms with Crippen molar-refractivity contribution in [2.24, 2.45) is 5.73 Å². The molecule has 0 saturated carbocycles. The number of benzene rings is 1. The Labute approximate surface area is 100 Å². The third-order valence-electron chi connectivity index (χ3n) is 2.38. The van der Waals surface area contributed by atoms with E-state index < -0.39 is 6.04 Å². The standard InChI is InChI=1S/C12H18N2O3/c1-2-5-14-12(17)9(13)6-8-3-4-10(15)11(16)7-8/h3-4,7,9,15-16H,2,5-6,13H2,1H3,(H,14,17)/t9-/m0/s1. The van der Waals surface area contributed by atoms with E-state index in [2.05, 4.69) is 5.32 Å². The number of carbonyl (C=O) groups is 1. The van der Waals surface area contributed by atoms with Crippen molar-refractivity contribution in [1.82, 2.24) is 5.32 Å². The molecule has 1 amide bonds. The first-order valence-electron chi connectivity index (χ1n) is 5.58. The summed E-state index contributed by atoms with van der Waals surface area (Å²) in [5.41, 5.74) is 6.43. The Morgan fingerprint density at radius 1 is 1.41 bits per heavy atom. The summed E-state index contributed by atoms with van der Waals surface area (Å²) in [5, 5.41) is 21.1. The van der Waals surface area contributed by atoms with Crippen molar-refractivity contribution in [3.05, 3.63) is 23.8 Å². The Hall–Kier alpha value is -1.75. The molecule has 1 atom stereocenters. The Morgan fingerprint density at radius 3 is 2.71 bits per heavy atom. The average molecular weight is 238 g/mol. The second kappa shape index (κ2) is 6.10. The number of hydrogen-bond acceptors (Lipinski definition) is 4. The van der Waals surface area contributed by atoms with Crippen LogP contribution in [0.4, 0.5) is 0 Å². The van der Waals surface area contributed by atoms with E-state index in [0.29, 0.717) is 18.5 Å². The van der Waals surface area contributed by atoms with Gasteiger partial charge in [0.05, 0.1) is 6.04 Å². The molecule has 0 saturated heterocycles. The summed E-state index contributed by atoms with van der Waals surface area (Å²) in [7, 11) is 0. The monoisotopic (exact) mass is 238 g/mol. The number of nitrogens with two attached hydrogens (primary N) is 1. The summed E-state index contributed by atoms with van der Waals surface area (Å²) >= 11 is 0. The van der Waals surface area contributed by atoms with Gasteiger partial charge < -0.3 is 21.3 Å². The topological polar surface area (TPSA) is 95.6 Å². The molecule has 0 aliphatic heterocycles. The lowest BCUT2D eigenvalue weighted by atomic mass is 10.1. The molecule has 1 aromatic rings. The summed E-state index contributed by atoms with van der Waals surface area (Å²) in [6.45, 7) is 2.57. The van der Waals surface area contributed by atoms with Gasteiger partial charge in [-0.25, -0.2) is 0 Å². The molecule has 1 aromatic carbocycles. The van der Waals surface area contributed by atoms with Crippen LogP contribution in [0, 0.1) is 0 Å². The minimum atomic E-state index is -0.648. The lowest BCUT2D eigenvalue weighted by Crippen LogP contribution is -2.42. The first-order valence-corrected chi connectivity index (χ1v) is 5.58. The SMILES string of the molecule is CCCNC(=O)[C@@H](N)Cc1ccc(O)c(O)c1. The molecule has 0 spiro atoms. The molecule has 0 bridgehead atoms. The van der Waals surface area contributed by atoms with Gasteiger partial charge >= 0.3 is 0 Å². The molecule has 0 heterocycles. The maximum absolute atomic E-state index is 11.5. The van der Waals surface area contributed by atoms with Crippen molar-refractivity contribution in [3.63, 3.8) is 0 Å². The van der Waals surface area contributed by atoms with E-state index in [-0.39, 0.29) is 17.4 Å². The third-order valence-corrected chi connectivity index (χ3v) is 2.38. The van der Waals surface area contributed by atoms with Crippen LogP contribution in [0.15, 0.2) is 18.2 Å². The van der Waals surface area contributed by atoms with Gasteiger partial charge in [-0.1, -0.05) is 13.0 Å². The first kappa shape index (κ1) is 13.3. The first-order chi connectivity index (χ1) is 8.04. The Balaban J connectivity index is 2.58. The van der Waals surface area contributed by atoms with Crippen molar-refractivity contribution >= 4 is 5.91 Å². The van der Waals surface area contributed by atoms with Gasteiger partial charge in [-0.2, -0.15) is 0 Å². The Bertz CT molecular complexity index is 393. The van der Waals surface area contributed by atoms with E-state index in [1.54, 1.807) is 6.07 Å². The summed E-state index contributed by atoms with van der Waals surface area (Å²) in [5.74, 6) is -0.596. The number of nitrogens with one attached hydrogen (secondary N) is 1. The van der Waals surface area contributed by atoms with Crippen LogP contribution in [0.2, 0.25) is 0 Å². The van der Waals surface area contributed by atoms with Gasteiger partial charge in [0.2, 0.25) is 5.91 Å². The summed E-state index contributed by atoms with van der Waals surface area (Å²) in [4.78, 5) is 11.5. The van der Waals surface area contributed by atoms with Crippen LogP contribution in [-0.4, -0.2) is 28.7 Å². The average Bonchev–Trinajstić information content (AvgIpc) is 2.30. The number of phenols is 2. The quantitative estimate of drug-likeness (QED) is 0.561. The summed E-state index contributed by atoms with van der Waals surface area (Å²) < 4.78 is 0. The number of rotatable bonds is 5. The Morgan fingerprint density at radius 2 is 2.12 bits per heavy atom. The molecule has 0 unspecified atom stereocenters. The number of carbonyl (C=O) groups excluding carboxylic acids is 1. The van der Waals surface area contributed by atoms with Crippen LogP contribution in [0.5, 0.6) is 11.5 Å². The van der Waals surface area contributed by atoms with E-state index in [9.17, 15) is 9.90 Å². The molecule has 5 heteroatoms. The van der Waals surface area contributed by atoms with Crippen LogP contribution in [0.25, 0.3) is 0 Å². The number of aromatic hydroxyl groups is 2. The fourth-order valence-electron chi connectivity index (χ4n) is 1.42. The molecule has 17 heavy (non-hydrogen) atoms.